The number of nitrogens with zero attached hydrogens (tertiary/aromatic N) is 4. The maximum absolute atomic E-state index is 15.2. The zero-order valence-electron chi connectivity index (χ0n) is 16.6. The van der Waals surface area contributed by atoms with Crippen LogP contribution in [0.1, 0.15) is 32.6 Å². The number of H-pyrrole nitrogens is 1. The van der Waals surface area contributed by atoms with Gasteiger partial charge in [0.2, 0.25) is 0 Å². The van der Waals surface area contributed by atoms with Crippen LogP contribution in [0.5, 0.6) is 0 Å². The van der Waals surface area contributed by atoms with Gasteiger partial charge in [-0.05, 0) is 32.6 Å². The molecular formula is C21H23FN6OS. The summed E-state index contributed by atoms with van der Waals surface area (Å²) in [6.45, 7) is 1.99. The molecule has 0 unspecified atom stereocenters. The third kappa shape index (κ3) is 3.56. The van der Waals surface area contributed by atoms with E-state index in [9.17, 15) is 4.79 Å². The van der Waals surface area contributed by atoms with Crippen LogP contribution in [-0.2, 0) is 0 Å². The van der Waals surface area contributed by atoms with Gasteiger partial charge in [-0.3, -0.25) is 14.3 Å². The first-order chi connectivity index (χ1) is 14.5. The highest BCUT2D eigenvalue weighted by Crippen LogP contribution is 2.42. The lowest BCUT2D eigenvalue weighted by molar-refractivity contribution is 0.0642. The highest BCUT2D eigenvalue weighted by atomic mass is 32.2. The molecule has 0 aliphatic carbocycles. The number of pyridine rings is 1. The summed E-state index contributed by atoms with van der Waals surface area (Å²) in [5.41, 5.74) is 0.324. The molecule has 0 amide bonds. The molecule has 0 aromatic carbocycles. The Balaban J connectivity index is 1.33. The van der Waals surface area contributed by atoms with E-state index in [0.29, 0.717) is 28.1 Å². The first kappa shape index (κ1) is 19.4. The van der Waals surface area contributed by atoms with Gasteiger partial charge in [-0.15, -0.1) is 0 Å². The number of fused-ring (bicyclic) bond motifs is 2. The fourth-order valence-electron chi connectivity index (χ4n) is 4.52. The van der Waals surface area contributed by atoms with Crippen LogP contribution in [0.25, 0.3) is 17.1 Å². The van der Waals surface area contributed by atoms with Crippen molar-refractivity contribution >= 4 is 11.8 Å². The Bertz CT molecular complexity index is 1090. The van der Waals surface area contributed by atoms with E-state index in [1.165, 1.54) is 17.8 Å². The van der Waals surface area contributed by atoms with Crippen molar-refractivity contribution in [3.8, 4) is 17.1 Å². The van der Waals surface area contributed by atoms with E-state index in [1.54, 1.807) is 41.9 Å². The molecular weight excluding hydrogens is 403 g/mol. The molecule has 9 heteroatoms. The maximum Gasteiger partial charge on any atom is 0.193 e. The molecule has 7 nitrogen and oxygen atoms in total. The lowest BCUT2D eigenvalue weighted by atomic mass is 9.76. The van der Waals surface area contributed by atoms with E-state index >= 15 is 4.39 Å². The molecule has 2 fully saturated rings. The summed E-state index contributed by atoms with van der Waals surface area (Å²) in [6, 6.07) is 1.87. The number of nitrogens with one attached hydrogen (secondary N) is 2. The van der Waals surface area contributed by atoms with Gasteiger partial charge < -0.3 is 10.3 Å². The van der Waals surface area contributed by atoms with Crippen LogP contribution in [0.15, 0.2) is 53.2 Å². The monoisotopic (exact) mass is 426 g/mol. The number of aromatic amines is 1. The fraction of sp³-hybridized carbons (Fsp3) is 0.429. The standard InChI is InChI=1S/C21H23FN6OS/c1-21-4-2-3-13(27-21)7-17(20(21)22)30-19-11-24-15(10-26-19)14-9-25-18(8-16(14)29)28-6-5-23-12-28/h5-6,8-13,17,20,27H,2-4,7H2,1H3,(H,25,29)/t13-,17-,20+,21+/m1/s1. The minimum Gasteiger partial charge on any atom is -0.347 e. The van der Waals surface area contributed by atoms with Crippen molar-refractivity contribution in [1.82, 2.24) is 29.8 Å². The van der Waals surface area contributed by atoms with Gasteiger partial charge in [0.25, 0.3) is 0 Å². The molecule has 156 valence electrons. The lowest BCUT2D eigenvalue weighted by Crippen LogP contribution is -2.64. The molecule has 4 atom stereocenters. The molecule has 3 aromatic rings. The number of halogens is 1. The average molecular weight is 427 g/mol. The summed E-state index contributed by atoms with van der Waals surface area (Å²) >= 11 is 1.45. The van der Waals surface area contributed by atoms with Crippen LogP contribution in [0.3, 0.4) is 0 Å². The van der Waals surface area contributed by atoms with Gasteiger partial charge in [-0.25, -0.2) is 14.4 Å². The first-order valence-electron chi connectivity index (χ1n) is 10.1. The van der Waals surface area contributed by atoms with E-state index in [0.717, 1.165) is 25.7 Å². The summed E-state index contributed by atoms with van der Waals surface area (Å²) < 4.78 is 16.9. The topological polar surface area (TPSA) is 88.5 Å². The third-order valence-electron chi connectivity index (χ3n) is 6.09. The molecule has 5 rings (SSSR count). The second-order valence-electron chi connectivity index (χ2n) is 8.25. The molecule has 2 saturated heterocycles. The molecule has 0 spiro atoms. The fourth-order valence-corrected chi connectivity index (χ4v) is 5.81. The lowest BCUT2D eigenvalue weighted by Gasteiger charge is -2.49. The Labute approximate surface area is 177 Å². The number of thioether (sulfide) groups is 1. The summed E-state index contributed by atoms with van der Waals surface area (Å²) in [4.78, 5) is 28.5. The average Bonchev–Trinajstić information content (AvgIpc) is 3.28. The molecule has 0 radical (unpaired) electrons. The normalized spacial score (nSPS) is 28.4. The van der Waals surface area contributed by atoms with Crippen molar-refractivity contribution in [2.45, 2.75) is 60.6 Å². The van der Waals surface area contributed by atoms with Crippen molar-refractivity contribution in [2.24, 2.45) is 0 Å². The van der Waals surface area contributed by atoms with Gasteiger partial charge in [0, 0.05) is 41.5 Å². The van der Waals surface area contributed by atoms with Crippen LogP contribution in [0, 0.1) is 0 Å². The van der Waals surface area contributed by atoms with Crippen molar-refractivity contribution < 1.29 is 4.39 Å². The molecule has 2 N–H and O–H groups in total. The number of rotatable bonds is 4. The highest BCUT2D eigenvalue weighted by molar-refractivity contribution is 7.99. The van der Waals surface area contributed by atoms with Gasteiger partial charge >= 0.3 is 0 Å². The minimum absolute atomic E-state index is 0.139. The van der Waals surface area contributed by atoms with Crippen molar-refractivity contribution in [2.75, 3.05) is 0 Å². The summed E-state index contributed by atoms with van der Waals surface area (Å²) in [7, 11) is 0. The first-order valence-corrected chi connectivity index (χ1v) is 11.0. The third-order valence-corrected chi connectivity index (χ3v) is 7.28. The molecule has 2 aliphatic rings. The smallest absolute Gasteiger partial charge is 0.193 e. The van der Waals surface area contributed by atoms with Crippen molar-refractivity contribution in [1.29, 1.82) is 0 Å². The quantitative estimate of drug-likeness (QED) is 0.666. The van der Waals surface area contributed by atoms with Crippen molar-refractivity contribution in [3.05, 3.63) is 53.6 Å². The summed E-state index contributed by atoms with van der Waals surface area (Å²) in [5, 5.41) is 4.02. The second-order valence-corrected chi connectivity index (χ2v) is 9.51. The van der Waals surface area contributed by atoms with E-state index in [1.807, 2.05) is 6.92 Å². The minimum atomic E-state index is -0.931. The Morgan fingerprint density at radius 1 is 1.33 bits per heavy atom. The van der Waals surface area contributed by atoms with E-state index in [-0.39, 0.29) is 10.7 Å². The number of hydrogen-bond donors (Lipinski definition) is 2. The maximum atomic E-state index is 15.2. The zero-order chi connectivity index (χ0) is 20.7. The molecule has 5 heterocycles. The van der Waals surface area contributed by atoms with E-state index in [2.05, 4.69) is 25.3 Å². The summed E-state index contributed by atoms with van der Waals surface area (Å²) in [5.74, 6) is 0.625. The van der Waals surface area contributed by atoms with Crippen molar-refractivity contribution in [3.63, 3.8) is 0 Å². The molecule has 2 aliphatic heterocycles. The SMILES string of the molecule is C[C@]12CCC[C@H](C[C@@H](Sc3cnc(-c4c[nH]c(-n5ccnc5)cc4=O)cn3)[C@@H]1F)N2. The number of piperidine rings is 2. The van der Waals surface area contributed by atoms with Gasteiger partial charge in [-0.1, -0.05) is 11.8 Å². The molecule has 3 aromatic heterocycles. The van der Waals surface area contributed by atoms with Gasteiger partial charge in [-0.2, -0.15) is 0 Å². The van der Waals surface area contributed by atoms with Crippen LogP contribution in [0.4, 0.5) is 4.39 Å². The largest absolute Gasteiger partial charge is 0.347 e. The molecule has 2 bridgehead atoms. The van der Waals surface area contributed by atoms with E-state index < -0.39 is 11.7 Å². The molecule has 30 heavy (non-hydrogen) atoms. The Morgan fingerprint density at radius 2 is 2.23 bits per heavy atom. The van der Waals surface area contributed by atoms with Gasteiger partial charge in [0.1, 0.15) is 23.3 Å². The molecule has 0 saturated carbocycles. The predicted octanol–water partition coefficient (Wildman–Crippen LogP) is 3.12. The number of hydrogen-bond acceptors (Lipinski definition) is 6. The zero-order valence-corrected chi connectivity index (χ0v) is 17.4. The number of aromatic nitrogens is 5. The van der Waals surface area contributed by atoms with Crippen LogP contribution in [-0.4, -0.2) is 47.5 Å². The summed E-state index contributed by atoms with van der Waals surface area (Å²) in [6.07, 6.45) is 12.8. The Hall–Kier alpha value is -2.52. The van der Waals surface area contributed by atoms with Crippen LogP contribution in [0.2, 0.25) is 0 Å². The number of alkyl halides is 1. The predicted molar refractivity (Wildman–Crippen MR) is 114 cm³/mol. The van der Waals surface area contributed by atoms with Gasteiger partial charge in [0.05, 0.1) is 23.7 Å². The van der Waals surface area contributed by atoms with Crippen LogP contribution < -0.4 is 10.7 Å². The van der Waals surface area contributed by atoms with Gasteiger partial charge in [0.15, 0.2) is 5.43 Å². The second kappa shape index (κ2) is 7.63. The van der Waals surface area contributed by atoms with E-state index in [4.69, 9.17) is 0 Å². The Kier molecular flexibility index (Phi) is 4.94. The van der Waals surface area contributed by atoms with Crippen LogP contribution >= 0.6 is 11.8 Å². The Morgan fingerprint density at radius 3 is 2.97 bits per heavy atom. The highest BCUT2D eigenvalue weighted by Gasteiger charge is 2.48. The number of imidazole rings is 1.